The fraction of sp³-hybridized carbons (Fsp3) is 0.286. The Morgan fingerprint density at radius 1 is 1.16 bits per heavy atom. The normalized spacial score (nSPS) is 15.6. The van der Waals surface area contributed by atoms with Crippen LogP contribution in [-0.2, 0) is 14.6 Å². The summed E-state index contributed by atoms with van der Waals surface area (Å²) in [5, 5.41) is 3.45. The molecule has 0 radical (unpaired) electrons. The molecule has 1 saturated heterocycles. The van der Waals surface area contributed by atoms with Crippen molar-refractivity contribution >= 4 is 38.6 Å². The van der Waals surface area contributed by atoms with Crippen LogP contribution < -0.4 is 5.32 Å². The largest absolute Gasteiger partial charge is 0.450 e. The van der Waals surface area contributed by atoms with Gasteiger partial charge in [-0.05, 0) is 37.3 Å². The van der Waals surface area contributed by atoms with E-state index in [4.69, 9.17) is 4.74 Å². The van der Waals surface area contributed by atoms with Crippen LogP contribution in [0.25, 0.3) is 16.7 Å². The van der Waals surface area contributed by atoms with Gasteiger partial charge in [-0.3, -0.25) is 10.1 Å². The number of rotatable bonds is 4. The van der Waals surface area contributed by atoms with Crippen molar-refractivity contribution in [2.24, 2.45) is 0 Å². The number of carbonyl (C=O) groups excluding carboxylic acids is 2. The summed E-state index contributed by atoms with van der Waals surface area (Å²) in [6, 6.07) is 10.9. The van der Waals surface area contributed by atoms with E-state index in [-0.39, 0.29) is 37.1 Å². The van der Waals surface area contributed by atoms with Crippen LogP contribution in [0.4, 0.5) is 10.5 Å². The summed E-state index contributed by atoms with van der Waals surface area (Å²) in [4.78, 5) is 30.4. The molecule has 4 rings (SSSR count). The van der Waals surface area contributed by atoms with E-state index in [1.165, 1.54) is 6.20 Å². The second-order valence-corrected chi connectivity index (χ2v) is 9.47. The van der Waals surface area contributed by atoms with Crippen LogP contribution in [0.15, 0.2) is 48.8 Å². The first-order chi connectivity index (χ1) is 14.9. The Labute approximate surface area is 179 Å². The second-order valence-electron chi connectivity index (χ2n) is 7.16. The van der Waals surface area contributed by atoms with Crippen LogP contribution in [0.3, 0.4) is 0 Å². The highest BCUT2D eigenvalue weighted by Gasteiger charge is 2.26. The molecule has 0 atom stereocenters. The number of anilines is 1. The van der Waals surface area contributed by atoms with Gasteiger partial charge in [0.05, 0.1) is 23.7 Å². The molecule has 31 heavy (non-hydrogen) atoms. The van der Waals surface area contributed by atoms with Crippen molar-refractivity contribution in [2.45, 2.75) is 6.92 Å². The highest BCUT2D eigenvalue weighted by Crippen LogP contribution is 2.23. The predicted molar refractivity (Wildman–Crippen MR) is 116 cm³/mol. The van der Waals surface area contributed by atoms with Crippen LogP contribution in [-0.4, -0.2) is 66.1 Å². The Kier molecular flexibility index (Phi) is 5.64. The third-order valence-electron chi connectivity index (χ3n) is 5.05. The molecule has 3 heterocycles. The molecule has 0 bridgehead atoms. The van der Waals surface area contributed by atoms with E-state index in [0.717, 1.165) is 11.1 Å². The summed E-state index contributed by atoms with van der Waals surface area (Å²) in [5.74, 6) is -0.250. The molecule has 0 spiro atoms. The average Bonchev–Trinajstić information content (AvgIpc) is 3.17. The molecule has 1 aliphatic rings. The minimum absolute atomic E-state index is 0.0129. The smallest absolute Gasteiger partial charge is 0.411 e. The average molecular weight is 442 g/mol. The van der Waals surface area contributed by atoms with Gasteiger partial charge in [-0.25, -0.2) is 18.2 Å². The van der Waals surface area contributed by atoms with Crippen LogP contribution >= 0.6 is 0 Å². The molecule has 1 aromatic carbocycles. The number of nitrogens with one attached hydrogen (secondary N) is 1. The summed E-state index contributed by atoms with van der Waals surface area (Å²) >= 11 is 0. The van der Waals surface area contributed by atoms with Gasteiger partial charge in [-0.15, -0.1) is 0 Å². The summed E-state index contributed by atoms with van der Waals surface area (Å²) in [5.41, 5.74) is 2.45. The summed E-state index contributed by atoms with van der Waals surface area (Å²) in [6.07, 6.45) is 2.82. The van der Waals surface area contributed by atoms with Gasteiger partial charge in [-0.2, -0.15) is 0 Å². The van der Waals surface area contributed by atoms with E-state index in [0.29, 0.717) is 16.9 Å². The first-order valence-electron chi connectivity index (χ1n) is 9.87. The second kappa shape index (κ2) is 8.38. The highest BCUT2D eigenvalue weighted by molar-refractivity contribution is 7.91. The molecular weight excluding hydrogens is 420 g/mol. The fourth-order valence-electron chi connectivity index (χ4n) is 3.47. The number of benzene rings is 1. The number of fused-ring (bicyclic) bond motifs is 1. The SMILES string of the molecule is CCOC(=O)Nc1cccc(-n2ccc3cc(C(=O)N4CCS(=O)(=O)CC4)cnc32)c1. The number of aromatic nitrogens is 2. The lowest BCUT2D eigenvalue weighted by molar-refractivity contribution is 0.0770. The maximum atomic E-state index is 12.8. The van der Waals surface area contributed by atoms with Crippen LogP contribution in [0.5, 0.6) is 0 Å². The zero-order valence-electron chi connectivity index (χ0n) is 16.9. The Balaban J connectivity index is 1.57. The first kappa shape index (κ1) is 20.9. The molecule has 10 heteroatoms. The van der Waals surface area contributed by atoms with Gasteiger partial charge in [0.25, 0.3) is 5.91 Å². The van der Waals surface area contributed by atoms with Crippen molar-refractivity contribution in [3.8, 4) is 5.69 Å². The molecule has 0 unspecified atom stereocenters. The number of sulfone groups is 1. The first-order valence-corrected chi connectivity index (χ1v) is 11.7. The molecule has 3 aromatic rings. The number of amides is 2. The number of ether oxygens (including phenoxy) is 1. The number of hydrogen-bond acceptors (Lipinski definition) is 6. The van der Waals surface area contributed by atoms with Gasteiger partial charge in [0.15, 0.2) is 9.84 Å². The molecular formula is C21H22N4O5S. The molecule has 0 aliphatic carbocycles. The van der Waals surface area contributed by atoms with Crippen LogP contribution in [0, 0.1) is 0 Å². The number of nitrogens with zero attached hydrogens (tertiary/aromatic N) is 3. The van der Waals surface area contributed by atoms with E-state index in [1.54, 1.807) is 30.0 Å². The zero-order valence-corrected chi connectivity index (χ0v) is 17.8. The molecule has 1 N–H and O–H groups in total. The minimum atomic E-state index is -3.05. The van der Waals surface area contributed by atoms with E-state index in [2.05, 4.69) is 10.3 Å². The van der Waals surface area contributed by atoms with E-state index >= 15 is 0 Å². The Morgan fingerprint density at radius 2 is 1.94 bits per heavy atom. The Bertz CT molecular complexity index is 1240. The molecule has 2 aromatic heterocycles. The van der Waals surface area contributed by atoms with E-state index in [1.807, 2.05) is 29.0 Å². The fourth-order valence-corrected chi connectivity index (χ4v) is 4.67. The third kappa shape index (κ3) is 4.53. The lowest BCUT2D eigenvalue weighted by atomic mass is 10.2. The monoisotopic (exact) mass is 442 g/mol. The Hall–Kier alpha value is -3.40. The molecule has 1 aliphatic heterocycles. The molecule has 162 valence electrons. The van der Waals surface area contributed by atoms with Crippen molar-refractivity contribution in [1.29, 1.82) is 0 Å². The van der Waals surface area contributed by atoms with Gasteiger partial charge in [0, 0.05) is 42.2 Å². The summed E-state index contributed by atoms with van der Waals surface area (Å²) < 4.78 is 30.0. The zero-order chi connectivity index (χ0) is 22.0. The summed E-state index contributed by atoms with van der Waals surface area (Å²) in [7, 11) is -3.05. The van der Waals surface area contributed by atoms with Gasteiger partial charge >= 0.3 is 6.09 Å². The van der Waals surface area contributed by atoms with Gasteiger partial charge in [0.2, 0.25) is 0 Å². The molecule has 0 saturated carbocycles. The van der Waals surface area contributed by atoms with Crippen molar-refractivity contribution in [2.75, 3.05) is 36.5 Å². The lowest BCUT2D eigenvalue weighted by Gasteiger charge is -2.26. The predicted octanol–water partition coefficient (Wildman–Crippen LogP) is 2.46. The van der Waals surface area contributed by atoms with Crippen molar-refractivity contribution in [3.05, 3.63) is 54.4 Å². The van der Waals surface area contributed by atoms with E-state index in [9.17, 15) is 18.0 Å². The quantitative estimate of drug-likeness (QED) is 0.665. The topological polar surface area (TPSA) is 111 Å². The van der Waals surface area contributed by atoms with Crippen molar-refractivity contribution < 1.29 is 22.7 Å². The lowest BCUT2D eigenvalue weighted by Crippen LogP contribution is -2.43. The van der Waals surface area contributed by atoms with Crippen LogP contribution in [0.2, 0.25) is 0 Å². The maximum absolute atomic E-state index is 12.8. The van der Waals surface area contributed by atoms with Crippen LogP contribution in [0.1, 0.15) is 17.3 Å². The van der Waals surface area contributed by atoms with Crippen molar-refractivity contribution in [1.82, 2.24) is 14.5 Å². The molecule has 9 nitrogen and oxygen atoms in total. The molecule has 1 fully saturated rings. The highest BCUT2D eigenvalue weighted by atomic mass is 32.2. The number of hydrogen-bond donors (Lipinski definition) is 1. The molecule has 2 amide bonds. The maximum Gasteiger partial charge on any atom is 0.411 e. The van der Waals surface area contributed by atoms with Crippen molar-refractivity contribution in [3.63, 3.8) is 0 Å². The number of pyridine rings is 1. The standard InChI is InChI=1S/C21H22N4O5S/c1-2-30-21(27)23-17-4-3-5-18(13-17)25-7-6-15-12-16(14-22-19(15)25)20(26)24-8-10-31(28,29)11-9-24/h3-7,12-14H,2,8-11H2,1H3,(H,23,27). The third-order valence-corrected chi connectivity index (χ3v) is 6.66. The van der Waals surface area contributed by atoms with Gasteiger partial charge in [-0.1, -0.05) is 6.07 Å². The van der Waals surface area contributed by atoms with Gasteiger partial charge < -0.3 is 14.2 Å². The number of carbonyl (C=O) groups is 2. The van der Waals surface area contributed by atoms with Gasteiger partial charge in [0.1, 0.15) is 5.65 Å². The Morgan fingerprint density at radius 3 is 2.68 bits per heavy atom. The summed E-state index contributed by atoms with van der Waals surface area (Å²) in [6.45, 7) is 2.41. The van der Waals surface area contributed by atoms with E-state index < -0.39 is 15.9 Å². The minimum Gasteiger partial charge on any atom is -0.450 e.